The van der Waals surface area contributed by atoms with Crippen molar-refractivity contribution < 1.29 is 19.1 Å². The molecule has 1 heterocycles. The quantitative estimate of drug-likeness (QED) is 0.551. The van der Waals surface area contributed by atoms with Crippen LogP contribution in [0.5, 0.6) is 0 Å². The van der Waals surface area contributed by atoms with E-state index in [-0.39, 0.29) is 29.2 Å². The van der Waals surface area contributed by atoms with Crippen molar-refractivity contribution in [2.45, 2.75) is 39.5 Å². The van der Waals surface area contributed by atoms with E-state index in [1.165, 1.54) is 7.11 Å². The summed E-state index contributed by atoms with van der Waals surface area (Å²) < 4.78 is 10.3. The van der Waals surface area contributed by atoms with Gasteiger partial charge in [0, 0.05) is 12.3 Å². The minimum absolute atomic E-state index is 0.0277. The molecule has 0 aromatic heterocycles. The van der Waals surface area contributed by atoms with E-state index in [1.54, 1.807) is 0 Å². The standard InChI is InChI=1S/C17H24O4/c1-16-7-4-8-17(2,15(19)20-3)13(16)6-5-11-10-21-14(18)9-12(11)16/h5-6,11-13H,4,7-10H2,1-3H3/t11?,12?,13-,16-,17+/m1/s1. The molecule has 116 valence electrons. The van der Waals surface area contributed by atoms with Crippen LogP contribution in [0.2, 0.25) is 0 Å². The molecule has 0 bridgehead atoms. The zero-order chi connectivity index (χ0) is 15.3. The molecule has 1 saturated carbocycles. The van der Waals surface area contributed by atoms with Gasteiger partial charge >= 0.3 is 11.9 Å². The third-order valence-corrected chi connectivity index (χ3v) is 6.20. The highest BCUT2D eigenvalue weighted by Crippen LogP contribution is 2.60. The van der Waals surface area contributed by atoms with Gasteiger partial charge in [-0.15, -0.1) is 0 Å². The summed E-state index contributed by atoms with van der Waals surface area (Å²) in [7, 11) is 1.47. The lowest BCUT2D eigenvalue weighted by atomic mass is 9.47. The molecule has 4 heteroatoms. The van der Waals surface area contributed by atoms with Gasteiger partial charge in [0.15, 0.2) is 0 Å². The normalized spacial score (nSPS) is 45.3. The van der Waals surface area contributed by atoms with Crippen molar-refractivity contribution in [2.24, 2.45) is 28.6 Å². The maximum atomic E-state index is 12.4. The average molecular weight is 292 g/mol. The largest absolute Gasteiger partial charge is 0.469 e. The van der Waals surface area contributed by atoms with Crippen LogP contribution >= 0.6 is 0 Å². The Kier molecular flexibility index (Phi) is 3.38. The highest BCUT2D eigenvalue weighted by atomic mass is 16.5. The number of rotatable bonds is 1. The third-order valence-electron chi connectivity index (χ3n) is 6.20. The second kappa shape index (κ2) is 4.85. The monoisotopic (exact) mass is 292 g/mol. The molecule has 21 heavy (non-hydrogen) atoms. The van der Waals surface area contributed by atoms with Crippen LogP contribution in [-0.2, 0) is 19.1 Å². The van der Waals surface area contributed by atoms with Crippen molar-refractivity contribution in [1.29, 1.82) is 0 Å². The van der Waals surface area contributed by atoms with E-state index in [0.717, 1.165) is 19.3 Å². The first-order valence-electron chi connectivity index (χ1n) is 7.84. The predicted molar refractivity (Wildman–Crippen MR) is 77.3 cm³/mol. The Morgan fingerprint density at radius 1 is 1.33 bits per heavy atom. The minimum atomic E-state index is -0.482. The van der Waals surface area contributed by atoms with Crippen molar-refractivity contribution in [3.8, 4) is 0 Å². The van der Waals surface area contributed by atoms with Gasteiger partial charge in [-0.1, -0.05) is 25.5 Å². The SMILES string of the molecule is COC(=O)[C@@]1(C)CCC[C@]2(C)C3CC(=O)OCC3C=C[C@@H]12. The molecular formula is C17H24O4. The van der Waals surface area contributed by atoms with Gasteiger partial charge in [-0.05, 0) is 37.0 Å². The number of hydrogen-bond donors (Lipinski definition) is 0. The van der Waals surface area contributed by atoms with Gasteiger partial charge in [-0.2, -0.15) is 0 Å². The summed E-state index contributed by atoms with van der Waals surface area (Å²) in [6.45, 7) is 4.75. The summed E-state index contributed by atoms with van der Waals surface area (Å²) in [6, 6.07) is 0. The number of hydrogen-bond acceptors (Lipinski definition) is 4. The summed E-state index contributed by atoms with van der Waals surface area (Å²) in [5.74, 6) is 0.483. The Labute approximate surface area is 125 Å². The molecular weight excluding hydrogens is 268 g/mol. The lowest BCUT2D eigenvalue weighted by Crippen LogP contribution is -2.55. The molecule has 2 fully saturated rings. The van der Waals surface area contributed by atoms with Gasteiger partial charge in [-0.25, -0.2) is 0 Å². The smallest absolute Gasteiger partial charge is 0.312 e. The van der Waals surface area contributed by atoms with E-state index in [1.807, 2.05) is 6.92 Å². The zero-order valence-electron chi connectivity index (χ0n) is 13.1. The lowest BCUT2D eigenvalue weighted by Gasteiger charge is -2.57. The van der Waals surface area contributed by atoms with Gasteiger partial charge in [0.2, 0.25) is 0 Å². The van der Waals surface area contributed by atoms with Crippen LogP contribution < -0.4 is 0 Å². The van der Waals surface area contributed by atoms with Gasteiger partial charge in [0.25, 0.3) is 0 Å². The fourth-order valence-corrected chi connectivity index (χ4v) is 5.05. The number of cyclic esters (lactones) is 1. The molecule has 4 nitrogen and oxygen atoms in total. The maximum Gasteiger partial charge on any atom is 0.312 e. The number of allylic oxidation sites excluding steroid dienone is 1. The van der Waals surface area contributed by atoms with Crippen LogP contribution in [0.25, 0.3) is 0 Å². The Bertz CT molecular complexity index is 497. The van der Waals surface area contributed by atoms with E-state index < -0.39 is 5.41 Å². The van der Waals surface area contributed by atoms with E-state index in [4.69, 9.17) is 9.47 Å². The first-order chi connectivity index (χ1) is 9.91. The predicted octanol–water partition coefficient (Wildman–Crippen LogP) is 2.72. The van der Waals surface area contributed by atoms with E-state index >= 15 is 0 Å². The van der Waals surface area contributed by atoms with E-state index in [2.05, 4.69) is 19.1 Å². The average Bonchev–Trinajstić information content (AvgIpc) is 2.46. The second-order valence-electron chi connectivity index (χ2n) is 7.29. The molecule has 5 atom stereocenters. The van der Waals surface area contributed by atoms with Crippen molar-refractivity contribution in [3.63, 3.8) is 0 Å². The Morgan fingerprint density at radius 3 is 2.81 bits per heavy atom. The highest BCUT2D eigenvalue weighted by molar-refractivity contribution is 5.77. The number of carbonyl (C=O) groups is 2. The summed E-state index contributed by atoms with van der Waals surface area (Å²) in [6.07, 6.45) is 7.74. The van der Waals surface area contributed by atoms with Crippen LogP contribution in [0.3, 0.4) is 0 Å². The van der Waals surface area contributed by atoms with Crippen LogP contribution in [0.4, 0.5) is 0 Å². The molecule has 0 aromatic carbocycles. The van der Waals surface area contributed by atoms with Gasteiger partial charge < -0.3 is 9.47 Å². The van der Waals surface area contributed by atoms with E-state index in [0.29, 0.717) is 18.9 Å². The van der Waals surface area contributed by atoms with Gasteiger partial charge in [0.05, 0.1) is 19.1 Å². The Hall–Kier alpha value is -1.32. The molecule has 1 aliphatic heterocycles. The number of methoxy groups -OCH3 is 1. The summed E-state index contributed by atoms with van der Waals surface area (Å²) in [5.41, 5.74) is -0.509. The van der Waals surface area contributed by atoms with Crippen LogP contribution in [0.1, 0.15) is 39.5 Å². The number of esters is 2. The molecule has 0 radical (unpaired) electrons. The summed E-state index contributed by atoms with van der Waals surface area (Å²) in [4.78, 5) is 24.1. The van der Waals surface area contributed by atoms with Crippen LogP contribution in [-0.4, -0.2) is 25.7 Å². The first-order valence-corrected chi connectivity index (χ1v) is 7.84. The molecule has 3 aliphatic rings. The van der Waals surface area contributed by atoms with Crippen molar-refractivity contribution in [1.82, 2.24) is 0 Å². The fraction of sp³-hybridized carbons (Fsp3) is 0.765. The van der Waals surface area contributed by atoms with Crippen molar-refractivity contribution in [3.05, 3.63) is 12.2 Å². The van der Waals surface area contributed by atoms with Crippen LogP contribution in [0, 0.1) is 28.6 Å². The molecule has 2 unspecified atom stereocenters. The minimum Gasteiger partial charge on any atom is -0.469 e. The zero-order valence-corrected chi connectivity index (χ0v) is 13.1. The molecule has 0 aromatic rings. The van der Waals surface area contributed by atoms with Crippen LogP contribution in [0.15, 0.2) is 12.2 Å². The Morgan fingerprint density at radius 2 is 2.10 bits per heavy atom. The summed E-state index contributed by atoms with van der Waals surface area (Å²) in [5, 5.41) is 0. The first kappa shape index (κ1) is 14.6. The molecule has 2 aliphatic carbocycles. The topological polar surface area (TPSA) is 52.6 Å². The molecule has 0 spiro atoms. The van der Waals surface area contributed by atoms with E-state index in [9.17, 15) is 9.59 Å². The Balaban J connectivity index is 2.01. The fourth-order valence-electron chi connectivity index (χ4n) is 5.05. The molecule has 1 saturated heterocycles. The van der Waals surface area contributed by atoms with Gasteiger partial charge in [0.1, 0.15) is 0 Å². The second-order valence-corrected chi connectivity index (χ2v) is 7.29. The highest BCUT2D eigenvalue weighted by Gasteiger charge is 2.58. The number of carbonyl (C=O) groups excluding carboxylic acids is 2. The molecule has 0 amide bonds. The maximum absolute atomic E-state index is 12.4. The summed E-state index contributed by atoms with van der Waals surface area (Å²) >= 11 is 0. The lowest BCUT2D eigenvalue weighted by molar-refractivity contribution is -0.171. The third kappa shape index (κ3) is 2.02. The molecule has 0 N–H and O–H groups in total. The number of fused-ring (bicyclic) bond motifs is 3. The molecule has 3 rings (SSSR count). The van der Waals surface area contributed by atoms with Crippen molar-refractivity contribution >= 4 is 11.9 Å². The van der Waals surface area contributed by atoms with Gasteiger partial charge in [-0.3, -0.25) is 9.59 Å². The van der Waals surface area contributed by atoms with Crippen molar-refractivity contribution in [2.75, 3.05) is 13.7 Å². The number of ether oxygens (including phenoxy) is 2.